The maximum Gasteiger partial charge on any atom is 0.264 e. The first-order valence-electron chi connectivity index (χ1n) is 12.3. The zero-order valence-corrected chi connectivity index (χ0v) is 25.5. The number of aryl methyl sites for hydroxylation is 1. The first kappa shape index (κ1) is 31.5. The first-order valence-corrected chi connectivity index (χ1v) is 14.9. The number of hydrogen-bond acceptors (Lipinski definition) is 5. The van der Waals surface area contributed by atoms with E-state index in [0.717, 1.165) is 9.87 Å². The van der Waals surface area contributed by atoms with Crippen LogP contribution in [0.15, 0.2) is 65.6 Å². The van der Waals surface area contributed by atoms with Crippen molar-refractivity contribution in [3.63, 3.8) is 0 Å². The van der Waals surface area contributed by atoms with Crippen molar-refractivity contribution in [2.45, 2.75) is 38.3 Å². The van der Waals surface area contributed by atoms with Crippen molar-refractivity contribution in [1.82, 2.24) is 10.2 Å². The molecule has 0 aliphatic heterocycles. The third-order valence-corrected chi connectivity index (χ3v) is 8.90. The van der Waals surface area contributed by atoms with Gasteiger partial charge in [0, 0.05) is 18.1 Å². The summed E-state index contributed by atoms with van der Waals surface area (Å²) in [6.07, 6.45) is 0. The molecule has 2 amide bonds. The van der Waals surface area contributed by atoms with Gasteiger partial charge in [0.1, 0.15) is 18.3 Å². The van der Waals surface area contributed by atoms with Crippen LogP contribution in [0.25, 0.3) is 0 Å². The second-order valence-corrected chi connectivity index (χ2v) is 12.1. The highest BCUT2D eigenvalue weighted by Gasteiger charge is 2.34. The summed E-state index contributed by atoms with van der Waals surface area (Å²) >= 11 is 18.5. The average Bonchev–Trinajstić information content (AvgIpc) is 2.92. The molecule has 3 rings (SSSR count). The third kappa shape index (κ3) is 7.40. The van der Waals surface area contributed by atoms with Crippen LogP contribution in [0.4, 0.5) is 5.69 Å². The molecule has 0 saturated heterocycles. The fourth-order valence-electron chi connectivity index (χ4n) is 3.95. The summed E-state index contributed by atoms with van der Waals surface area (Å²) in [5.41, 5.74) is 1.54. The topological polar surface area (TPSA) is 96.0 Å². The maximum absolute atomic E-state index is 14.0. The van der Waals surface area contributed by atoms with Crippen LogP contribution in [0.5, 0.6) is 5.75 Å². The van der Waals surface area contributed by atoms with Gasteiger partial charge < -0.3 is 15.0 Å². The highest BCUT2D eigenvalue weighted by Crippen LogP contribution is 2.35. The molecule has 1 N–H and O–H groups in total. The molecule has 3 aromatic rings. The van der Waals surface area contributed by atoms with Crippen molar-refractivity contribution >= 4 is 62.3 Å². The maximum atomic E-state index is 14.0. The number of nitrogens with zero attached hydrogens (tertiary/aromatic N) is 2. The molecule has 0 radical (unpaired) electrons. The Morgan fingerprint density at radius 1 is 0.975 bits per heavy atom. The smallest absolute Gasteiger partial charge is 0.264 e. The minimum Gasteiger partial charge on any atom is -0.495 e. The summed E-state index contributed by atoms with van der Waals surface area (Å²) < 4.78 is 34.3. The van der Waals surface area contributed by atoms with Crippen molar-refractivity contribution in [3.8, 4) is 5.75 Å². The number of amides is 2. The number of rotatable bonds is 11. The highest BCUT2D eigenvalue weighted by atomic mass is 35.5. The first-order chi connectivity index (χ1) is 18.9. The van der Waals surface area contributed by atoms with E-state index in [9.17, 15) is 18.0 Å². The fourth-order valence-corrected chi connectivity index (χ4v) is 5.85. The van der Waals surface area contributed by atoms with Crippen LogP contribution in [0.1, 0.15) is 25.0 Å². The monoisotopic (exact) mass is 625 g/mol. The molecule has 8 nitrogen and oxygen atoms in total. The summed E-state index contributed by atoms with van der Waals surface area (Å²) in [4.78, 5) is 28.1. The lowest BCUT2D eigenvalue weighted by atomic mass is 10.1. The van der Waals surface area contributed by atoms with Gasteiger partial charge in [-0.05, 0) is 68.8 Å². The molecule has 0 aliphatic rings. The van der Waals surface area contributed by atoms with Gasteiger partial charge in [0.25, 0.3) is 10.0 Å². The quantitative estimate of drug-likeness (QED) is 0.294. The Morgan fingerprint density at radius 3 is 2.25 bits per heavy atom. The van der Waals surface area contributed by atoms with Crippen LogP contribution in [-0.2, 0) is 26.2 Å². The van der Waals surface area contributed by atoms with Crippen molar-refractivity contribution in [3.05, 3.63) is 86.9 Å². The van der Waals surface area contributed by atoms with Gasteiger partial charge >= 0.3 is 0 Å². The van der Waals surface area contributed by atoms with Crippen molar-refractivity contribution < 1.29 is 22.7 Å². The van der Waals surface area contributed by atoms with Crippen LogP contribution in [0.2, 0.25) is 15.1 Å². The van der Waals surface area contributed by atoms with E-state index < -0.39 is 34.4 Å². The van der Waals surface area contributed by atoms with Crippen LogP contribution in [0.3, 0.4) is 0 Å². The van der Waals surface area contributed by atoms with Crippen LogP contribution in [-0.4, -0.2) is 51.4 Å². The number of methoxy groups -OCH3 is 1. The van der Waals surface area contributed by atoms with E-state index in [2.05, 4.69) is 5.32 Å². The SMILES string of the molecule is CCNC(=O)C(C)N(Cc1ccc(Cl)c(Cl)c1)C(=O)CN(c1cc(Cl)ccc1OC)S(=O)(=O)c1ccc(C)cc1. The number of hydrogen-bond donors (Lipinski definition) is 1. The third-order valence-electron chi connectivity index (χ3n) is 6.15. The van der Waals surface area contributed by atoms with Crippen LogP contribution < -0.4 is 14.4 Å². The van der Waals surface area contributed by atoms with Crippen molar-refractivity contribution in [2.24, 2.45) is 0 Å². The zero-order chi connectivity index (χ0) is 29.6. The Kier molecular flexibility index (Phi) is 10.7. The number of sulfonamides is 1. The van der Waals surface area contributed by atoms with E-state index in [1.807, 2.05) is 6.92 Å². The van der Waals surface area contributed by atoms with Gasteiger partial charge in [0.15, 0.2) is 0 Å². The van der Waals surface area contributed by atoms with E-state index in [-0.39, 0.29) is 32.9 Å². The standard InChI is InChI=1S/C28H30Cl3N3O5S/c1-5-32-28(36)19(3)33(16-20-8-12-23(30)24(31)14-20)27(35)17-34(25-15-21(29)9-13-26(25)39-4)40(37,38)22-10-6-18(2)7-11-22/h6-15,19H,5,16-17H2,1-4H3,(H,32,36). The summed E-state index contributed by atoms with van der Waals surface area (Å²) in [7, 11) is -2.89. The van der Waals surface area contributed by atoms with Crippen LogP contribution >= 0.6 is 34.8 Å². The molecule has 0 spiro atoms. The molecular weight excluding hydrogens is 597 g/mol. The number of anilines is 1. The lowest BCUT2D eigenvalue weighted by Gasteiger charge is -2.32. The predicted octanol–water partition coefficient (Wildman–Crippen LogP) is 5.71. The molecular formula is C28H30Cl3N3O5S. The second kappa shape index (κ2) is 13.6. The van der Waals surface area contributed by atoms with Gasteiger partial charge in [0.2, 0.25) is 11.8 Å². The zero-order valence-electron chi connectivity index (χ0n) is 22.4. The molecule has 0 aliphatic carbocycles. The molecule has 1 atom stereocenters. The Morgan fingerprint density at radius 2 is 1.65 bits per heavy atom. The van der Waals surface area contributed by atoms with Crippen LogP contribution in [0, 0.1) is 6.92 Å². The molecule has 214 valence electrons. The number of nitrogens with one attached hydrogen (secondary N) is 1. The minimum absolute atomic E-state index is 0.0271. The Balaban J connectivity index is 2.11. The van der Waals surface area contributed by atoms with Gasteiger partial charge in [-0.1, -0.05) is 58.6 Å². The average molecular weight is 627 g/mol. The van der Waals surface area contributed by atoms with E-state index in [4.69, 9.17) is 39.5 Å². The molecule has 12 heteroatoms. The molecule has 0 aromatic heterocycles. The molecule has 0 heterocycles. The fraction of sp³-hybridized carbons (Fsp3) is 0.286. The highest BCUT2D eigenvalue weighted by molar-refractivity contribution is 7.92. The molecule has 3 aromatic carbocycles. The van der Waals surface area contributed by atoms with Crippen molar-refractivity contribution in [1.29, 1.82) is 0 Å². The number of benzene rings is 3. The van der Waals surface area contributed by atoms with E-state index in [0.29, 0.717) is 17.1 Å². The Labute approximate surface area is 249 Å². The van der Waals surface area contributed by atoms with Gasteiger partial charge in [-0.2, -0.15) is 0 Å². The molecule has 0 bridgehead atoms. The van der Waals surface area contributed by atoms with E-state index in [1.54, 1.807) is 50.2 Å². The minimum atomic E-state index is -4.28. The van der Waals surface area contributed by atoms with E-state index in [1.165, 1.54) is 36.3 Å². The van der Waals surface area contributed by atoms with Gasteiger partial charge in [0.05, 0.1) is 27.7 Å². The molecule has 0 fully saturated rings. The largest absolute Gasteiger partial charge is 0.495 e. The summed E-state index contributed by atoms with van der Waals surface area (Å²) in [6, 6.07) is 14.7. The number of likely N-dealkylation sites (N-methyl/N-ethyl adjacent to an activating group) is 1. The summed E-state index contributed by atoms with van der Waals surface area (Å²) in [5.74, 6) is -0.840. The van der Waals surface area contributed by atoms with Gasteiger partial charge in [-0.3, -0.25) is 13.9 Å². The molecule has 0 saturated carbocycles. The van der Waals surface area contributed by atoms with Gasteiger partial charge in [-0.25, -0.2) is 8.42 Å². The van der Waals surface area contributed by atoms with Gasteiger partial charge in [-0.15, -0.1) is 0 Å². The number of carbonyl (C=O) groups is 2. The normalized spacial score (nSPS) is 12.0. The summed E-state index contributed by atoms with van der Waals surface area (Å²) in [6.45, 7) is 4.85. The second-order valence-electron chi connectivity index (χ2n) is 8.98. The summed E-state index contributed by atoms with van der Waals surface area (Å²) in [5, 5.41) is 3.57. The van der Waals surface area contributed by atoms with E-state index >= 15 is 0 Å². The Bertz CT molecular complexity index is 1480. The number of carbonyl (C=O) groups excluding carboxylic acids is 2. The Hall–Kier alpha value is -2.98. The lowest BCUT2D eigenvalue weighted by molar-refractivity contribution is -0.139. The number of halogens is 3. The molecule has 40 heavy (non-hydrogen) atoms. The molecule has 1 unspecified atom stereocenters. The van der Waals surface area contributed by atoms with Crippen molar-refractivity contribution in [2.75, 3.05) is 24.5 Å². The number of ether oxygens (including phenoxy) is 1. The lowest BCUT2D eigenvalue weighted by Crippen LogP contribution is -2.51. The predicted molar refractivity (Wildman–Crippen MR) is 159 cm³/mol.